The lowest BCUT2D eigenvalue weighted by molar-refractivity contribution is -0.137. The number of rotatable bonds is 5. The first-order chi connectivity index (χ1) is 7.59. The summed E-state index contributed by atoms with van der Waals surface area (Å²) in [6.07, 6.45) is 3.23. The number of carboxylic acids is 1. The van der Waals surface area contributed by atoms with Crippen LogP contribution in [0.2, 0.25) is 0 Å². The highest BCUT2D eigenvalue weighted by Crippen LogP contribution is 1.94. The van der Waals surface area contributed by atoms with Gasteiger partial charge in [0.25, 0.3) is 0 Å². The van der Waals surface area contributed by atoms with Crippen LogP contribution in [0.3, 0.4) is 0 Å². The third kappa shape index (κ3) is 3.99. The van der Waals surface area contributed by atoms with Crippen molar-refractivity contribution in [2.75, 3.05) is 13.6 Å². The molecule has 7 nitrogen and oxygen atoms in total. The van der Waals surface area contributed by atoms with E-state index >= 15 is 0 Å². The summed E-state index contributed by atoms with van der Waals surface area (Å²) in [6.45, 7) is 0.555. The van der Waals surface area contributed by atoms with E-state index in [2.05, 4.69) is 15.5 Å². The zero-order chi connectivity index (χ0) is 12.0. The van der Waals surface area contributed by atoms with E-state index in [1.54, 1.807) is 19.4 Å². The number of carboxylic acid groups (broad SMARTS) is 1. The number of urea groups is 1. The molecule has 16 heavy (non-hydrogen) atoms. The van der Waals surface area contributed by atoms with Crippen molar-refractivity contribution in [3.05, 3.63) is 18.0 Å². The Morgan fingerprint density at radius 1 is 1.62 bits per heavy atom. The molecule has 3 N–H and O–H groups in total. The van der Waals surface area contributed by atoms with Crippen LogP contribution in [0.5, 0.6) is 0 Å². The maximum absolute atomic E-state index is 11.4. The summed E-state index contributed by atoms with van der Waals surface area (Å²) in [6, 6.07) is -0.303. The Hall–Kier alpha value is -2.05. The summed E-state index contributed by atoms with van der Waals surface area (Å²) in [5.74, 6) is -0.922. The molecule has 1 rings (SSSR count). The van der Waals surface area contributed by atoms with Gasteiger partial charge in [0.1, 0.15) is 0 Å². The smallest absolute Gasteiger partial charge is 0.317 e. The first-order valence-corrected chi connectivity index (χ1v) is 4.78. The highest BCUT2D eigenvalue weighted by molar-refractivity contribution is 5.74. The van der Waals surface area contributed by atoms with Gasteiger partial charge in [-0.15, -0.1) is 0 Å². The molecule has 88 valence electrons. The van der Waals surface area contributed by atoms with Crippen LogP contribution in [0.25, 0.3) is 0 Å². The zero-order valence-corrected chi connectivity index (χ0v) is 8.93. The molecule has 1 heterocycles. The fourth-order valence-corrected chi connectivity index (χ4v) is 1.05. The Morgan fingerprint density at radius 3 is 2.94 bits per heavy atom. The standard InChI is InChI=1S/C9H14N4O3/c1-13(3-2-8(14)15)9(16)10-4-7-5-11-12-6-7/h5-6H,2-4H2,1H3,(H,10,16)(H,11,12)(H,14,15). The molecule has 0 fully saturated rings. The van der Waals surface area contributed by atoms with Crippen LogP contribution in [0, 0.1) is 0 Å². The highest BCUT2D eigenvalue weighted by Gasteiger charge is 2.09. The normalized spacial score (nSPS) is 9.81. The van der Waals surface area contributed by atoms with Crippen molar-refractivity contribution in [3.63, 3.8) is 0 Å². The molecular weight excluding hydrogens is 212 g/mol. The van der Waals surface area contributed by atoms with Gasteiger partial charge in [0.2, 0.25) is 0 Å². The monoisotopic (exact) mass is 226 g/mol. The van der Waals surface area contributed by atoms with Gasteiger partial charge in [0.05, 0.1) is 12.6 Å². The summed E-state index contributed by atoms with van der Waals surface area (Å²) in [4.78, 5) is 23.1. The molecule has 0 bridgehead atoms. The number of amides is 2. The average Bonchev–Trinajstić information content (AvgIpc) is 2.75. The topological polar surface area (TPSA) is 98.3 Å². The number of carbonyl (C=O) groups excluding carboxylic acids is 1. The molecule has 1 aromatic heterocycles. The van der Waals surface area contributed by atoms with Crippen LogP contribution < -0.4 is 5.32 Å². The lowest BCUT2D eigenvalue weighted by atomic mass is 10.3. The summed E-state index contributed by atoms with van der Waals surface area (Å²) in [5, 5.41) is 17.5. The molecule has 0 radical (unpaired) electrons. The largest absolute Gasteiger partial charge is 0.481 e. The predicted octanol–water partition coefficient (Wildman–Crippen LogP) is 0.0258. The van der Waals surface area contributed by atoms with Gasteiger partial charge in [-0.3, -0.25) is 9.89 Å². The number of aliphatic carboxylic acids is 1. The quantitative estimate of drug-likeness (QED) is 0.659. The summed E-state index contributed by atoms with van der Waals surface area (Å²) >= 11 is 0. The van der Waals surface area contributed by atoms with Crippen LogP contribution in [0.1, 0.15) is 12.0 Å². The zero-order valence-electron chi connectivity index (χ0n) is 8.93. The van der Waals surface area contributed by atoms with Crippen LogP contribution >= 0.6 is 0 Å². The second-order valence-electron chi connectivity index (χ2n) is 3.33. The van der Waals surface area contributed by atoms with Gasteiger partial charge >= 0.3 is 12.0 Å². The summed E-state index contributed by atoms with van der Waals surface area (Å²) in [7, 11) is 1.55. The van der Waals surface area contributed by atoms with E-state index in [1.165, 1.54) is 4.90 Å². The molecule has 0 aliphatic rings. The van der Waals surface area contributed by atoms with Crippen molar-refractivity contribution < 1.29 is 14.7 Å². The average molecular weight is 226 g/mol. The van der Waals surface area contributed by atoms with Gasteiger partial charge in [0, 0.05) is 31.9 Å². The SMILES string of the molecule is CN(CCC(=O)O)C(=O)NCc1cn[nH]c1. The van der Waals surface area contributed by atoms with E-state index in [9.17, 15) is 9.59 Å². The molecule has 0 unspecified atom stereocenters. The van der Waals surface area contributed by atoms with E-state index in [-0.39, 0.29) is 19.0 Å². The predicted molar refractivity (Wildman–Crippen MR) is 55.7 cm³/mol. The second kappa shape index (κ2) is 5.74. The first-order valence-electron chi connectivity index (χ1n) is 4.78. The van der Waals surface area contributed by atoms with Gasteiger partial charge in [0.15, 0.2) is 0 Å². The number of hydrogen-bond donors (Lipinski definition) is 3. The fourth-order valence-electron chi connectivity index (χ4n) is 1.05. The minimum Gasteiger partial charge on any atom is -0.481 e. The van der Waals surface area contributed by atoms with E-state index in [4.69, 9.17) is 5.11 Å². The molecule has 0 aliphatic heterocycles. The molecule has 1 aromatic rings. The number of nitrogens with one attached hydrogen (secondary N) is 2. The van der Waals surface area contributed by atoms with E-state index in [0.29, 0.717) is 6.54 Å². The minimum absolute atomic E-state index is 0.0599. The molecule has 2 amide bonds. The molecule has 7 heteroatoms. The molecule has 0 atom stereocenters. The van der Waals surface area contributed by atoms with Crippen molar-refractivity contribution in [2.45, 2.75) is 13.0 Å². The van der Waals surface area contributed by atoms with Crippen molar-refractivity contribution in [2.24, 2.45) is 0 Å². The van der Waals surface area contributed by atoms with Crippen molar-refractivity contribution in [3.8, 4) is 0 Å². The van der Waals surface area contributed by atoms with Crippen LogP contribution in [0.4, 0.5) is 4.79 Å². The Morgan fingerprint density at radius 2 is 2.38 bits per heavy atom. The van der Waals surface area contributed by atoms with E-state index in [0.717, 1.165) is 5.56 Å². The maximum Gasteiger partial charge on any atom is 0.317 e. The number of hydrogen-bond acceptors (Lipinski definition) is 3. The third-order valence-corrected chi connectivity index (χ3v) is 2.01. The fraction of sp³-hybridized carbons (Fsp3) is 0.444. The Bertz CT molecular complexity index is 350. The molecule has 0 saturated carbocycles. The van der Waals surface area contributed by atoms with Crippen LogP contribution in [-0.4, -0.2) is 45.8 Å². The number of aromatic amines is 1. The number of aromatic nitrogens is 2. The van der Waals surface area contributed by atoms with Gasteiger partial charge in [-0.05, 0) is 0 Å². The summed E-state index contributed by atoms with van der Waals surface area (Å²) < 4.78 is 0. The molecule has 0 aliphatic carbocycles. The van der Waals surface area contributed by atoms with E-state index < -0.39 is 5.97 Å². The Labute approximate surface area is 92.4 Å². The Balaban J connectivity index is 2.26. The van der Waals surface area contributed by atoms with Gasteiger partial charge in [-0.1, -0.05) is 0 Å². The first kappa shape index (κ1) is 12.0. The number of nitrogens with zero attached hydrogens (tertiary/aromatic N) is 2. The third-order valence-electron chi connectivity index (χ3n) is 2.01. The Kier molecular flexibility index (Phi) is 4.31. The van der Waals surface area contributed by atoms with Crippen molar-refractivity contribution in [1.29, 1.82) is 0 Å². The molecule has 0 spiro atoms. The second-order valence-corrected chi connectivity index (χ2v) is 3.33. The lowest BCUT2D eigenvalue weighted by Crippen LogP contribution is -2.37. The highest BCUT2D eigenvalue weighted by atomic mass is 16.4. The van der Waals surface area contributed by atoms with Crippen LogP contribution in [0.15, 0.2) is 12.4 Å². The van der Waals surface area contributed by atoms with Gasteiger partial charge in [-0.2, -0.15) is 5.10 Å². The lowest BCUT2D eigenvalue weighted by Gasteiger charge is -2.16. The maximum atomic E-state index is 11.4. The van der Waals surface area contributed by atoms with Gasteiger partial charge < -0.3 is 15.3 Å². The minimum atomic E-state index is -0.922. The molecule has 0 saturated heterocycles. The molecule has 0 aromatic carbocycles. The van der Waals surface area contributed by atoms with Crippen molar-refractivity contribution in [1.82, 2.24) is 20.4 Å². The summed E-state index contributed by atoms with van der Waals surface area (Å²) in [5.41, 5.74) is 0.861. The van der Waals surface area contributed by atoms with Crippen molar-refractivity contribution >= 4 is 12.0 Å². The van der Waals surface area contributed by atoms with Crippen LogP contribution in [-0.2, 0) is 11.3 Å². The number of H-pyrrole nitrogens is 1. The number of carbonyl (C=O) groups is 2. The molecular formula is C9H14N4O3. The van der Waals surface area contributed by atoms with E-state index in [1.807, 2.05) is 0 Å². The van der Waals surface area contributed by atoms with Gasteiger partial charge in [-0.25, -0.2) is 4.79 Å².